The standard InChI is InChI=1S/C10H20O4.C2H6/c1-7-5-10(4,8(6-11)13-7)14-9(2,3)12;1-2/h7-8,11-12H,5-6H2,1-4H3;1-2H3. The largest absolute Gasteiger partial charge is 0.394 e. The molecule has 0 radical (unpaired) electrons. The second-order valence-corrected chi connectivity index (χ2v) is 4.68. The SMILES string of the molecule is CC.CC1CC(C)(OC(C)(C)O)C(CO)O1. The fraction of sp³-hybridized carbons (Fsp3) is 1.00. The van der Waals surface area contributed by atoms with Gasteiger partial charge in [0.05, 0.1) is 18.3 Å². The van der Waals surface area contributed by atoms with E-state index in [1.165, 1.54) is 0 Å². The van der Waals surface area contributed by atoms with Gasteiger partial charge in [0.2, 0.25) is 0 Å². The van der Waals surface area contributed by atoms with Crippen molar-refractivity contribution in [3.05, 3.63) is 0 Å². The Morgan fingerprint density at radius 1 is 1.44 bits per heavy atom. The lowest BCUT2D eigenvalue weighted by atomic mass is 9.96. The van der Waals surface area contributed by atoms with Crippen molar-refractivity contribution >= 4 is 0 Å². The zero-order valence-electron chi connectivity index (χ0n) is 11.3. The van der Waals surface area contributed by atoms with Gasteiger partial charge in [0.1, 0.15) is 6.10 Å². The molecule has 0 bridgehead atoms. The average Bonchev–Trinajstić information content (AvgIpc) is 2.40. The fourth-order valence-electron chi connectivity index (χ4n) is 2.09. The molecule has 1 fully saturated rings. The normalized spacial score (nSPS) is 34.5. The third-order valence-corrected chi connectivity index (χ3v) is 2.42. The highest BCUT2D eigenvalue weighted by Crippen LogP contribution is 2.36. The summed E-state index contributed by atoms with van der Waals surface area (Å²) in [5, 5.41) is 18.7. The molecule has 0 aromatic carbocycles. The molecular formula is C12H26O4. The van der Waals surface area contributed by atoms with E-state index in [-0.39, 0.29) is 18.8 Å². The zero-order chi connectivity index (χ0) is 13.0. The van der Waals surface area contributed by atoms with Crippen LogP contribution >= 0.6 is 0 Å². The Hall–Kier alpha value is -0.160. The van der Waals surface area contributed by atoms with Crippen molar-refractivity contribution in [3.63, 3.8) is 0 Å². The van der Waals surface area contributed by atoms with Crippen molar-refractivity contribution in [1.29, 1.82) is 0 Å². The van der Waals surface area contributed by atoms with Crippen molar-refractivity contribution < 1.29 is 19.7 Å². The van der Waals surface area contributed by atoms with Crippen molar-refractivity contribution in [1.82, 2.24) is 0 Å². The quantitative estimate of drug-likeness (QED) is 0.730. The van der Waals surface area contributed by atoms with Gasteiger partial charge in [0, 0.05) is 6.42 Å². The van der Waals surface area contributed by atoms with Gasteiger partial charge in [-0.25, -0.2) is 0 Å². The van der Waals surface area contributed by atoms with Gasteiger partial charge < -0.3 is 19.7 Å². The Bertz CT molecular complexity index is 200. The van der Waals surface area contributed by atoms with Gasteiger partial charge in [-0.15, -0.1) is 0 Å². The summed E-state index contributed by atoms with van der Waals surface area (Å²) in [4.78, 5) is 0. The van der Waals surface area contributed by atoms with Crippen LogP contribution in [0.25, 0.3) is 0 Å². The molecule has 4 nitrogen and oxygen atoms in total. The van der Waals surface area contributed by atoms with Crippen molar-refractivity contribution in [2.24, 2.45) is 0 Å². The first-order valence-electron chi connectivity index (χ1n) is 5.96. The molecule has 0 aliphatic carbocycles. The third-order valence-electron chi connectivity index (χ3n) is 2.42. The van der Waals surface area contributed by atoms with Gasteiger partial charge in [0.15, 0.2) is 5.79 Å². The van der Waals surface area contributed by atoms with Crippen molar-refractivity contribution in [2.75, 3.05) is 6.61 Å². The van der Waals surface area contributed by atoms with Crippen molar-refractivity contribution in [3.8, 4) is 0 Å². The number of hydrogen-bond donors (Lipinski definition) is 2. The van der Waals surface area contributed by atoms with Crippen LogP contribution in [0.5, 0.6) is 0 Å². The maximum atomic E-state index is 9.58. The van der Waals surface area contributed by atoms with E-state index in [1.54, 1.807) is 13.8 Å². The lowest BCUT2D eigenvalue weighted by molar-refractivity contribution is -0.254. The number of aliphatic hydroxyl groups excluding tert-OH is 1. The number of aliphatic hydroxyl groups is 2. The molecule has 3 atom stereocenters. The molecule has 1 aliphatic rings. The Balaban J connectivity index is 0.00000106. The van der Waals surface area contributed by atoms with Crippen LogP contribution in [0, 0.1) is 0 Å². The summed E-state index contributed by atoms with van der Waals surface area (Å²) in [6.07, 6.45) is 0.380. The number of ether oxygens (including phenoxy) is 2. The molecule has 2 N–H and O–H groups in total. The molecule has 1 heterocycles. The van der Waals surface area contributed by atoms with E-state index in [9.17, 15) is 5.11 Å². The molecule has 1 aliphatic heterocycles. The minimum Gasteiger partial charge on any atom is -0.394 e. The van der Waals surface area contributed by atoms with E-state index in [2.05, 4.69) is 0 Å². The second kappa shape index (κ2) is 5.96. The fourth-order valence-corrected chi connectivity index (χ4v) is 2.09. The molecule has 1 saturated heterocycles. The molecule has 3 unspecified atom stereocenters. The second-order valence-electron chi connectivity index (χ2n) is 4.68. The molecule has 16 heavy (non-hydrogen) atoms. The van der Waals surface area contributed by atoms with E-state index in [0.717, 1.165) is 0 Å². The Kier molecular flexibility index (Phi) is 5.90. The topological polar surface area (TPSA) is 58.9 Å². The molecule has 0 aromatic heterocycles. The molecule has 0 spiro atoms. The van der Waals surface area contributed by atoms with E-state index < -0.39 is 11.4 Å². The summed E-state index contributed by atoms with van der Waals surface area (Å²) >= 11 is 0. The summed E-state index contributed by atoms with van der Waals surface area (Å²) in [6, 6.07) is 0. The minimum absolute atomic E-state index is 0.0551. The number of rotatable bonds is 3. The summed E-state index contributed by atoms with van der Waals surface area (Å²) in [5.74, 6) is -1.20. The predicted octanol–water partition coefficient (Wildman–Crippen LogP) is 1.69. The number of hydrogen-bond acceptors (Lipinski definition) is 4. The van der Waals surface area contributed by atoms with Crippen LogP contribution < -0.4 is 0 Å². The lowest BCUT2D eigenvalue weighted by Crippen LogP contribution is -2.46. The van der Waals surface area contributed by atoms with E-state index in [0.29, 0.717) is 6.42 Å². The molecule has 1 rings (SSSR count). The van der Waals surface area contributed by atoms with Crippen LogP contribution in [0.2, 0.25) is 0 Å². The first-order valence-corrected chi connectivity index (χ1v) is 5.96. The van der Waals surface area contributed by atoms with Crippen LogP contribution in [0.4, 0.5) is 0 Å². The van der Waals surface area contributed by atoms with Crippen molar-refractivity contribution in [2.45, 2.75) is 71.6 Å². The van der Waals surface area contributed by atoms with Crippen LogP contribution in [0.1, 0.15) is 48.0 Å². The molecular weight excluding hydrogens is 208 g/mol. The highest BCUT2D eigenvalue weighted by molar-refractivity contribution is 4.94. The van der Waals surface area contributed by atoms with E-state index >= 15 is 0 Å². The maximum absolute atomic E-state index is 9.58. The van der Waals surface area contributed by atoms with Gasteiger partial charge in [0.25, 0.3) is 0 Å². The predicted molar refractivity (Wildman–Crippen MR) is 63.2 cm³/mol. The van der Waals surface area contributed by atoms with Crippen LogP contribution in [0.15, 0.2) is 0 Å². The lowest BCUT2D eigenvalue weighted by Gasteiger charge is -2.35. The minimum atomic E-state index is -1.20. The summed E-state index contributed by atoms with van der Waals surface area (Å²) < 4.78 is 11.0. The first kappa shape index (κ1) is 15.8. The van der Waals surface area contributed by atoms with Gasteiger partial charge in [-0.1, -0.05) is 13.8 Å². The smallest absolute Gasteiger partial charge is 0.160 e. The highest BCUT2D eigenvalue weighted by Gasteiger charge is 2.46. The van der Waals surface area contributed by atoms with Crippen LogP contribution in [0.3, 0.4) is 0 Å². The van der Waals surface area contributed by atoms with Gasteiger partial charge >= 0.3 is 0 Å². The van der Waals surface area contributed by atoms with Gasteiger partial charge in [-0.05, 0) is 27.7 Å². The summed E-state index contributed by atoms with van der Waals surface area (Å²) in [5.41, 5.74) is -0.605. The molecule has 0 amide bonds. The Morgan fingerprint density at radius 2 is 1.94 bits per heavy atom. The average molecular weight is 234 g/mol. The maximum Gasteiger partial charge on any atom is 0.160 e. The molecule has 0 aromatic rings. The van der Waals surface area contributed by atoms with Crippen LogP contribution in [-0.2, 0) is 9.47 Å². The summed E-state index contributed by atoms with van der Waals surface area (Å²) in [7, 11) is 0. The van der Waals surface area contributed by atoms with Gasteiger partial charge in [-0.3, -0.25) is 0 Å². The highest BCUT2D eigenvalue weighted by atomic mass is 16.7. The summed E-state index contributed by atoms with van der Waals surface area (Å²) in [6.45, 7) is 10.9. The zero-order valence-corrected chi connectivity index (χ0v) is 11.3. The van der Waals surface area contributed by atoms with Crippen LogP contribution in [-0.4, -0.2) is 40.4 Å². The monoisotopic (exact) mass is 234 g/mol. The third kappa shape index (κ3) is 4.37. The van der Waals surface area contributed by atoms with E-state index in [4.69, 9.17) is 14.6 Å². The van der Waals surface area contributed by atoms with E-state index in [1.807, 2.05) is 27.7 Å². The van der Waals surface area contributed by atoms with Gasteiger partial charge in [-0.2, -0.15) is 0 Å². The first-order chi connectivity index (χ1) is 7.27. The molecule has 98 valence electrons. The molecule has 4 heteroatoms. The molecule has 0 saturated carbocycles. The Morgan fingerprint density at radius 3 is 2.31 bits per heavy atom. The Labute approximate surface area is 98.6 Å².